The molecule has 0 aliphatic heterocycles. The van der Waals surface area contributed by atoms with Crippen LogP contribution in [-0.4, -0.2) is 42.5 Å². The van der Waals surface area contributed by atoms with Crippen LogP contribution < -0.4 is 5.32 Å². The molecule has 0 amide bonds. The van der Waals surface area contributed by atoms with E-state index in [2.05, 4.69) is 10.1 Å². The average molecular weight is 285 g/mol. The van der Waals surface area contributed by atoms with E-state index in [0.717, 1.165) is 0 Å². The van der Waals surface area contributed by atoms with E-state index >= 15 is 0 Å². The summed E-state index contributed by atoms with van der Waals surface area (Å²) >= 11 is 0. The number of nitrogens with one attached hydrogen (secondary N) is 1. The number of aliphatic hydroxyl groups is 2. The summed E-state index contributed by atoms with van der Waals surface area (Å²) in [6.07, 6.45) is -0.470. The van der Waals surface area contributed by atoms with Gasteiger partial charge in [0.05, 0.1) is 19.6 Å². The fraction of sp³-hybridized carbons (Fsp3) is 0.500. The van der Waals surface area contributed by atoms with Crippen LogP contribution in [0.3, 0.4) is 0 Å². The van der Waals surface area contributed by atoms with Gasteiger partial charge in [0.25, 0.3) is 0 Å². The van der Waals surface area contributed by atoms with Gasteiger partial charge in [0.2, 0.25) is 0 Å². The second-order valence-corrected chi connectivity index (χ2v) is 4.41. The number of benzene rings is 1. The minimum Gasteiger partial charge on any atom is -0.469 e. The third-order valence-corrected chi connectivity index (χ3v) is 2.95. The largest absolute Gasteiger partial charge is 0.469 e. The zero-order chi connectivity index (χ0) is 15.0. The van der Waals surface area contributed by atoms with Crippen LogP contribution in [0.1, 0.15) is 24.5 Å². The van der Waals surface area contributed by atoms with Crippen molar-refractivity contribution in [3.8, 4) is 0 Å². The van der Waals surface area contributed by atoms with Gasteiger partial charge in [-0.2, -0.15) is 0 Å². The van der Waals surface area contributed by atoms with Crippen molar-refractivity contribution in [1.29, 1.82) is 0 Å². The number of rotatable bonds is 8. The number of halogens is 1. The first kappa shape index (κ1) is 16.6. The second kappa shape index (κ2) is 8.63. The van der Waals surface area contributed by atoms with Gasteiger partial charge in [-0.3, -0.25) is 4.79 Å². The van der Waals surface area contributed by atoms with E-state index in [1.807, 2.05) is 0 Å². The zero-order valence-electron chi connectivity index (χ0n) is 11.4. The lowest BCUT2D eigenvalue weighted by atomic mass is 9.99. The standard InChI is InChI=1S/C14H20FNO4/c1-20-13(18)9-12(16-7-2-8-17)14(19)10-3-5-11(15)6-4-10/h3-6,12,14,16-17,19H,2,7-9H2,1H3. The molecule has 2 unspecified atom stereocenters. The Bertz CT molecular complexity index is 410. The second-order valence-electron chi connectivity index (χ2n) is 4.41. The number of carbonyl (C=O) groups is 1. The van der Waals surface area contributed by atoms with Crippen LogP contribution in [0.5, 0.6) is 0 Å². The lowest BCUT2D eigenvalue weighted by Gasteiger charge is -2.23. The molecule has 1 aromatic rings. The maximum Gasteiger partial charge on any atom is 0.307 e. The molecule has 3 N–H and O–H groups in total. The molecule has 0 heterocycles. The van der Waals surface area contributed by atoms with Crippen molar-refractivity contribution in [2.75, 3.05) is 20.3 Å². The lowest BCUT2D eigenvalue weighted by Crippen LogP contribution is -2.38. The van der Waals surface area contributed by atoms with Gasteiger partial charge >= 0.3 is 5.97 Å². The molecular weight excluding hydrogens is 265 g/mol. The predicted molar refractivity (Wildman–Crippen MR) is 71.5 cm³/mol. The molecule has 0 saturated heterocycles. The topological polar surface area (TPSA) is 78.8 Å². The highest BCUT2D eigenvalue weighted by Crippen LogP contribution is 2.19. The van der Waals surface area contributed by atoms with E-state index in [0.29, 0.717) is 18.5 Å². The maximum atomic E-state index is 12.9. The van der Waals surface area contributed by atoms with E-state index in [1.54, 1.807) is 0 Å². The molecule has 6 heteroatoms. The van der Waals surface area contributed by atoms with Gasteiger partial charge in [-0.15, -0.1) is 0 Å². The van der Waals surface area contributed by atoms with Crippen LogP contribution in [0.2, 0.25) is 0 Å². The first-order valence-corrected chi connectivity index (χ1v) is 6.43. The predicted octanol–water partition coefficient (Wildman–Crippen LogP) is 0.763. The quantitative estimate of drug-likeness (QED) is 0.485. The Morgan fingerprint density at radius 1 is 1.40 bits per heavy atom. The van der Waals surface area contributed by atoms with Crippen LogP contribution in [0.15, 0.2) is 24.3 Å². The van der Waals surface area contributed by atoms with E-state index < -0.39 is 23.9 Å². The maximum absolute atomic E-state index is 12.9. The van der Waals surface area contributed by atoms with E-state index in [9.17, 15) is 14.3 Å². The molecule has 0 radical (unpaired) electrons. The van der Waals surface area contributed by atoms with Crippen molar-refractivity contribution in [2.45, 2.75) is 25.0 Å². The number of methoxy groups -OCH3 is 1. The van der Waals surface area contributed by atoms with Gasteiger partial charge in [-0.25, -0.2) is 4.39 Å². The number of hydrogen-bond donors (Lipinski definition) is 3. The van der Waals surface area contributed by atoms with Crippen LogP contribution in [-0.2, 0) is 9.53 Å². The fourth-order valence-electron chi connectivity index (χ4n) is 1.82. The first-order chi connectivity index (χ1) is 9.58. The molecule has 20 heavy (non-hydrogen) atoms. The first-order valence-electron chi connectivity index (χ1n) is 6.43. The average Bonchev–Trinajstić information content (AvgIpc) is 2.46. The Hall–Kier alpha value is -1.50. The third-order valence-electron chi connectivity index (χ3n) is 2.95. The van der Waals surface area contributed by atoms with Crippen LogP contribution >= 0.6 is 0 Å². The zero-order valence-corrected chi connectivity index (χ0v) is 11.4. The lowest BCUT2D eigenvalue weighted by molar-refractivity contribution is -0.142. The molecule has 0 saturated carbocycles. The summed E-state index contributed by atoms with van der Waals surface area (Å²) in [5.41, 5.74) is 0.511. The monoisotopic (exact) mass is 285 g/mol. The third kappa shape index (κ3) is 5.24. The summed E-state index contributed by atoms with van der Waals surface area (Å²) in [5, 5.41) is 22.0. The van der Waals surface area contributed by atoms with E-state index in [-0.39, 0.29) is 13.0 Å². The van der Waals surface area contributed by atoms with E-state index in [1.165, 1.54) is 31.4 Å². The van der Waals surface area contributed by atoms with Crippen LogP contribution in [0.4, 0.5) is 4.39 Å². The number of hydrogen-bond acceptors (Lipinski definition) is 5. The van der Waals surface area contributed by atoms with Gasteiger partial charge in [0, 0.05) is 12.6 Å². The smallest absolute Gasteiger partial charge is 0.307 e. The van der Waals surface area contributed by atoms with Gasteiger partial charge in [-0.1, -0.05) is 12.1 Å². The van der Waals surface area contributed by atoms with Crippen molar-refractivity contribution < 1.29 is 24.1 Å². The van der Waals surface area contributed by atoms with Gasteiger partial charge < -0.3 is 20.3 Å². The molecule has 0 aromatic heterocycles. The molecule has 1 aromatic carbocycles. The summed E-state index contributed by atoms with van der Waals surface area (Å²) in [4.78, 5) is 11.4. The normalized spacial score (nSPS) is 13.8. The molecule has 0 spiro atoms. The van der Waals surface area contributed by atoms with Crippen LogP contribution in [0.25, 0.3) is 0 Å². The van der Waals surface area contributed by atoms with Gasteiger partial charge in [-0.05, 0) is 30.7 Å². The summed E-state index contributed by atoms with van der Waals surface area (Å²) in [5.74, 6) is -0.841. The van der Waals surface area contributed by atoms with Gasteiger partial charge in [0.1, 0.15) is 5.82 Å². The summed E-state index contributed by atoms with van der Waals surface area (Å²) < 4.78 is 17.5. The molecular formula is C14H20FNO4. The van der Waals surface area contributed by atoms with Crippen molar-refractivity contribution in [2.24, 2.45) is 0 Å². The number of carbonyl (C=O) groups excluding carboxylic acids is 1. The van der Waals surface area contributed by atoms with Crippen molar-refractivity contribution in [3.05, 3.63) is 35.6 Å². The van der Waals surface area contributed by atoms with Crippen LogP contribution in [0, 0.1) is 5.82 Å². The molecule has 112 valence electrons. The number of ether oxygens (including phenoxy) is 1. The highest BCUT2D eigenvalue weighted by atomic mass is 19.1. The van der Waals surface area contributed by atoms with Crippen molar-refractivity contribution in [1.82, 2.24) is 5.32 Å². The Kier molecular flexibility index (Phi) is 7.14. The Balaban J connectivity index is 2.73. The SMILES string of the molecule is COC(=O)CC(NCCCO)C(O)c1ccc(F)cc1. The van der Waals surface area contributed by atoms with Gasteiger partial charge in [0.15, 0.2) is 0 Å². The minimum absolute atomic E-state index is 0.0134. The molecule has 0 aliphatic carbocycles. The highest BCUT2D eigenvalue weighted by Gasteiger charge is 2.23. The molecule has 0 aliphatic rings. The highest BCUT2D eigenvalue weighted by molar-refractivity contribution is 5.70. The molecule has 5 nitrogen and oxygen atoms in total. The Morgan fingerprint density at radius 3 is 2.60 bits per heavy atom. The fourth-order valence-corrected chi connectivity index (χ4v) is 1.82. The summed E-state index contributed by atoms with van der Waals surface area (Å²) in [7, 11) is 1.28. The molecule has 0 fully saturated rings. The van der Waals surface area contributed by atoms with E-state index in [4.69, 9.17) is 5.11 Å². The minimum atomic E-state index is -0.964. The van der Waals surface area contributed by atoms with Crippen molar-refractivity contribution >= 4 is 5.97 Å². The summed E-state index contributed by atoms with van der Waals surface area (Å²) in [6, 6.07) is 4.89. The molecule has 1 rings (SSSR count). The Morgan fingerprint density at radius 2 is 2.05 bits per heavy atom. The van der Waals surface area contributed by atoms with Crippen molar-refractivity contribution in [3.63, 3.8) is 0 Å². The summed E-state index contributed by atoms with van der Waals surface area (Å²) in [6.45, 7) is 0.473. The molecule has 0 bridgehead atoms. The number of esters is 1. The number of aliphatic hydroxyl groups excluding tert-OH is 2. The Labute approximate surface area is 117 Å². The molecule has 2 atom stereocenters.